The standard InChI is InChI=1S/C18H13BrClFN2O2/c19-16-17(25-10-13-1-5-14(20)6-2-13)22-11-23(18(16)24)9-12-3-7-15(21)8-4-12/h1-8,11H,9-10H2. The highest BCUT2D eigenvalue weighted by molar-refractivity contribution is 9.10. The smallest absolute Gasteiger partial charge is 0.271 e. The van der Waals surface area contributed by atoms with E-state index in [1.54, 1.807) is 24.3 Å². The average Bonchev–Trinajstić information content (AvgIpc) is 2.61. The summed E-state index contributed by atoms with van der Waals surface area (Å²) in [6.45, 7) is 0.562. The van der Waals surface area contributed by atoms with Crippen LogP contribution in [0.2, 0.25) is 5.02 Å². The highest BCUT2D eigenvalue weighted by Crippen LogP contribution is 2.19. The van der Waals surface area contributed by atoms with Gasteiger partial charge in [0.05, 0.1) is 6.54 Å². The molecule has 0 N–H and O–H groups in total. The van der Waals surface area contributed by atoms with Crippen LogP contribution in [0.15, 0.2) is 64.1 Å². The maximum atomic E-state index is 13.0. The van der Waals surface area contributed by atoms with Gasteiger partial charge in [-0.1, -0.05) is 35.9 Å². The third kappa shape index (κ3) is 4.46. The molecule has 0 spiro atoms. The molecule has 3 rings (SSSR count). The van der Waals surface area contributed by atoms with Crippen LogP contribution in [0.5, 0.6) is 5.88 Å². The average molecular weight is 424 g/mol. The Kier molecular flexibility index (Phi) is 5.50. The van der Waals surface area contributed by atoms with Crippen LogP contribution in [0.1, 0.15) is 11.1 Å². The summed E-state index contributed by atoms with van der Waals surface area (Å²) in [4.78, 5) is 16.6. The van der Waals surface area contributed by atoms with Crippen LogP contribution in [0.25, 0.3) is 0 Å². The Morgan fingerprint density at radius 1 is 1.08 bits per heavy atom. The summed E-state index contributed by atoms with van der Waals surface area (Å²) in [6.07, 6.45) is 1.41. The van der Waals surface area contributed by atoms with Crippen molar-refractivity contribution in [1.29, 1.82) is 0 Å². The lowest BCUT2D eigenvalue weighted by molar-refractivity contribution is 0.289. The quantitative estimate of drug-likeness (QED) is 0.610. The molecule has 0 aliphatic carbocycles. The van der Waals surface area contributed by atoms with E-state index in [0.717, 1.165) is 11.1 Å². The zero-order chi connectivity index (χ0) is 17.8. The minimum absolute atomic E-state index is 0.218. The molecule has 0 amide bonds. The second-order valence-corrected chi connectivity index (χ2v) is 6.57. The van der Waals surface area contributed by atoms with E-state index in [0.29, 0.717) is 11.6 Å². The number of aromatic nitrogens is 2. The van der Waals surface area contributed by atoms with Crippen molar-refractivity contribution in [3.05, 3.63) is 91.7 Å². The molecule has 0 unspecified atom stereocenters. The molecule has 0 atom stereocenters. The summed E-state index contributed by atoms with van der Waals surface area (Å²) in [5.74, 6) is -0.100. The Morgan fingerprint density at radius 3 is 2.40 bits per heavy atom. The van der Waals surface area contributed by atoms with E-state index in [2.05, 4.69) is 20.9 Å². The molecule has 0 fully saturated rings. The zero-order valence-corrected chi connectivity index (χ0v) is 15.3. The molecule has 25 heavy (non-hydrogen) atoms. The Balaban J connectivity index is 1.74. The van der Waals surface area contributed by atoms with Crippen molar-refractivity contribution in [3.63, 3.8) is 0 Å². The van der Waals surface area contributed by atoms with E-state index in [1.807, 2.05) is 12.1 Å². The second-order valence-electron chi connectivity index (χ2n) is 5.34. The van der Waals surface area contributed by atoms with Gasteiger partial charge in [-0.3, -0.25) is 9.36 Å². The van der Waals surface area contributed by atoms with Crippen LogP contribution < -0.4 is 10.3 Å². The summed E-state index contributed by atoms with van der Waals surface area (Å²) >= 11 is 9.08. The number of rotatable bonds is 5. The maximum absolute atomic E-state index is 13.0. The van der Waals surface area contributed by atoms with Gasteiger partial charge in [-0.2, -0.15) is 0 Å². The van der Waals surface area contributed by atoms with Crippen molar-refractivity contribution in [2.45, 2.75) is 13.2 Å². The highest BCUT2D eigenvalue weighted by Gasteiger charge is 2.11. The lowest BCUT2D eigenvalue weighted by Gasteiger charge is -2.10. The fourth-order valence-corrected chi connectivity index (χ4v) is 2.75. The molecular formula is C18H13BrClFN2O2. The molecule has 0 radical (unpaired) electrons. The number of benzene rings is 2. The minimum atomic E-state index is -0.318. The lowest BCUT2D eigenvalue weighted by Crippen LogP contribution is -2.22. The van der Waals surface area contributed by atoms with Crippen LogP contribution in [0, 0.1) is 5.82 Å². The number of hydrogen-bond donors (Lipinski definition) is 0. The van der Waals surface area contributed by atoms with Crippen LogP contribution in [-0.2, 0) is 13.2 Å². The zero-order valence-electron chi connectivity index (χ0n) is 13.0. The van der Waals surface area contributed by atoms with Gasteiger partial charge >= 0.3 is 0 Å². The number of ether oxygens (including phenoxy) is 1. The van der Waals surface area contributed by atoms with Gasteiger partial charge in [0, 0.05) is 5.02 Å². The SMILES string of the molecule is O=c1c(Br)c(OCc2ccc(Cl)cc2)ncn1Cc1ccc(F)cc1. The third-order valence-electron chi connectivity index (χ3n) is 3.51. The Bertz CT molecular complexity index is 927. The summed E-state index contributed by atoms with van der Waals surface area (Å²) in [6, 6.07) is 13.2. The fraction of sp³-hybridized carbons (Fsp3) is 0.111. The molecule has 3 aromatic rings. The molecule has 128 valence electrons. The Hall–Kier alpha value is -2.18. The monoisotopic (exact) mass is 422 g/mol. The van der Waals surface area contributed by atoms with E-state index in [9.17, 15) is 9.18 Å². The Labute approximate surface area is 157 Å². The van der Waals surface area contributed by atoms with Crippen LogP contribution in [-0.4, -0.2) is 9.55 Å². The van der Waals surface area contributed by atoms with Gasteiger partial charge in [0.2, 0.25) is 5.88 Å². The maximum Gasteiger partial charge on any atom is 0.271 e. The lowest BCUT2D eigenvalue weighted by atomic mass is 10.2. The summed E-state index contributed by atoms with van der Waals surface area (Å²) < 4.78 is 20.2. The van der Waals surface area contributed by atoms with Crippen LogP contribution in [0.4, 0.5) is 4.39 Å². The van der Waals surface area contributed by atoms with E-state index in [4.69, 9.17) is 16.3 Å². The molecule has 0 saturated heterocycles. The molecule has 4 nitrogen and oxygen atoms in total. The first-order valence-electron chi connectivity index (χ1n) is 7.39. The summed E-state index contributed by atoms with van der Waals surface area (Å²) in [5.41, 5.74) is 1.44. The van der Waals surface area contributed by atoms with Crippen LogP contribution >= 0.6 is 27.5 Å². The van der Waals surface area contributed by atoms with Gasteiger partial charge in [0.1, 0.15) is 23.2 Å². The first-order valence-corrected chi connectivity index (χ1v) is 8.56. The van der Waals surface area contributed by atoms with E-state index in [-0.39, 0.29) is 28.3 Å². The fourth-order valence-electron chi connectivity index (χ4n) is 2.18. The van der Waals surface area contributed by atoms with Gasteiger partial charge in [-0.25, -0.2) is 9.37 Å². The minimum Gasteiger partial charge on any atom is -0.472 e. The second kappa shape index (κ2) is 7.80. The summed E-state index contributed by atoms with van der Waals surface area (Å²) in [7, 11) is 0. The van der Waals surface area contributed by atoms with E-state index in [1.165, 1.54) is 23.0 Å². The summed E-state index contributed by atoms with van der Waals surface area (Å²) in [5, 5.41) is 0.645. The predicted molar refractivity (Wildman–Crippen MR) is 97.5 cm³/mol. The molecule has 1 heterocycles. The van der Waals surface area contributed by atoms with Gasteiger partial charge in [0.25, 0.3) is 5.56 Å². The van der Waals surface area contributed by atoms with Crippen molar-refractivity contribution < 1.29 is 9.13 Å². The first kappa shape index (κ1) is 17.6. The van der Waals surface area contributed by atoms with Crippen molar-refractivity contribution in [2.24, 2.45) is 0 Å². The molecular weight excluding hydrogens is 411 g/mol. The predicted octanol–water partition coefficient (Wildman–Crippen LogP) is 4.43. The van der Waals surface area contributed by atoms with Gasteiger partial charge in [0.15, 0.2) is 0 Å². The van der Waals surface area contributed by atoms with Gasteiger partial charge in [-0.05, 0) is 51.3 Å². The molecule has 0 aliphatic rings. The normalized spacial score (nSPS) is 10.7. The van der Waals surface area contributed by atoms with E-state index >= 15 is 0 Å². The third-order valence-corrected chi connectivity index (χ3v) is 4.44. The molecule has 0 aliphatic heterocycles. The first-order chi connectivity index (χ1) is 12.0. The molecule has 0 saturated carbocycles. The van der Waals surface area contributed by atoms with Crippen molar-refractivity contribution in [1.82, 2.24) is 9.55 Å². The largest absolute Gasteiger partial charge is 0.472 e. The van der Waals surface area contributed by atoms with Crippen molar-refractivity contribution in [3.8, 4) is 5.88 Å². The topological polar surface area (TPSA) is 44.1 Å². The van der Waals surface area contributed by atoms with Crippen molar-refractivity contribution >= 4 is 27.5 Å². The number of hydrogen-bond acceptors (Lipinski definition) is 3. The number of halogens is 3. The Morgan fingerprint density at radius 2 is 1.72 bits per heavy atom. The molecule has 0 bridgehead atoms. The van der Waals surface area contributed by atoms with Gasteiger partial charge < -0.3 is 4.74 Å². The van der Waals surface area contributed by atoms with E-state index < -0.39 is 0 Å². The van der Waals surface area contributed by atoms with Crippen LogP contribution in [0.3, 0.4) is 0 Å². The van der Waals surface area contributed by atoms with Gasteiger partial charge in [-0.15, -0.1) is 0 Å². The number of nitrogens with zero attached hydrogens (tertiary/aromatic N) is 2. The van der Waals surface area contributed by atoms with Crippen molar-refractivity contribution in [2.75, 3.05) is 0 Å². The molecule has 7 heteroatoms. The molecule has 1 aromatic heterocycles. The molecule has 2 aromatic carbocycles. The highest BCUT2D eigenvalue weighted by atomic mass is 79.9.